The maximum Gasteiger partial charge on any atom is 0.290 e. The number of nitrogens with zero attached hydrogens (tertiary/aromatic N) is 2. The molecule has 0 amide bonds. The molecule has 0 aliphatic heterocycles. The molecule has 0 atom stereocenters. The normalized spacial score (nSPS) is 12.5. The van der Waals surface area contributed by atoms with Gasteiger partial charge in [-0.1, -0.05) is 13.3 Å². The summed E-state index contributed by atoms with van der Waals surface area (Å²) < 4.78 is 5.44. The largest absolute Gasteiger partial charge is 0.465 e. The molecule has 0 fully saturated rings. The first-order chi connectivity index (χ1) is 6.70. The van der Waals surface area contributed by atoms with E-state index in [2.05, 4.69) is 22.2 Å². The van der Waals surface area contributed by atoms with Crippen LogP contribution in [0.3, 0.4) is 0 Å². The van der Waals surface area contributed by atoms with Crippen LogP contribution in [0.2, 0.25) is 0 Å². The van der Waals surface area contributed by atoms with Crippen molar-refractivity contribution in [3.63, 3.8) is 0 Å². The number of amidine groups is 1. The number of aliphatic imine (C=N–C) groups is 2. The van der Waals surface area contributed by atoms with E-state index in [1.54, 1.807) is 13.4 Å². The van der Waals surface area contributed by atoms with Crippen molar-refractivity contribution in [2.24, 2.45) is 9.98 Å². The summed E-state index contributed by atoms with van der Waals surface area (Å²) in [5.74, 6) is 0. The summed E-state index contributed by atoms with van der Waals surface area (Å²) in [6, 6.07) is 0.781. The molecule has 0 spiro atoms. The van der Waals surface area contributed by atoms with E-state index in [-0.39, 0.29) is 6.04 Å². The number of rotatable bonds is 5. The van der Waals surface area contributed by atoms with Gasteiger partial charge in [0.15, 0.2) is 0 Å². The zero-order valence-corrected chi connectivity index (χ0v) is 9.58. The molecule has 82 valence electrons. The summed E-state index contributed by atoms with van der Waals surface area (Å²) in [6.45, 7) is 6.85. The Morgan fingerprint density at radius 3 is 2.71 bits per heavy atom. The quantitative estimate of drug-likeness (QED) is 0.417. The zero-order chi connectivity index (χ0) is 10.8. The van der Waals surface area contributed by atoms with Crippen LogP contribution in [-0.2, 0) is 4.74 Å². The maximum atomic E-state index is 5.44. The van der Waals surface area contributed by atoms with E-state index < -0.39 is 0 Å². The number of hydrogen-bond donors (Lipinski definition) is 1. The molecule has 0 aliphatic carbocycles. The van der Waals surface area contributed by atoms with E-state index in [9.17, 15) is 0 Å². The van der Waals surface area contributed by atoms with Gasteiger partial charge in [0.2, 0.25) is 0 Å². The van der Waals surface area contributed by atoms with Crippen molar-refractivity contribution in [3.8, 4) is 0 Å². The molecule has 0 aromatic heterocycles. The van der Waals surface area contributed by atoms with Gasteiger partial charge in [-0.25, -0.2) is 4.99 Å². The standard InChI is InChI=1S/C10H21N3O/c1-5-6-7-14-10(12-8-11-4)13-9(2)3/h8-9H,5-7H2,1-4H3,(H,11,12,13). The van der Waals surface area contributed by atoms with Crippen LogP contribution in [0.5, 0.6) is 0 Å². The smallest absolute Gasteiger partial charge is 0.290 e. The molecule has 0 unspecified atom stereocenters. The predicted octanol–water partition coefficient (Wildman–Crippen LogP) is 1.82. The van der Waals surface area contributed by atoms with Gasteiger partial charge >= 0.3 is 0 Å². The summed E-state index contributed by atoms with van der Waals surface area (Å²) in [5, 5.41) is 2.90. The first-order valence-electron chi connectivity index (χ1n) is 5.08. The lowest BCUT2D eigenvalue weighted by Gasteiger charge is -2.09. The minimum absolute atomic E-state index is 0.226. The fourth-order valence-corrected chi connectivity index (χ4v) is 0.784. The maximum absolute atomic E-state index is 5.44. The SMILES string of the molecule is CCCCOC(=NC(C)C)NC=NC. The van der Waals surface area contributed by atoms with Gasteiger partial charge in [0.1, 0.15) is 0 Å². The van der Waals surface area contributed by atoms with Crippen molar-refractivity contribution < 1.29 is 4.74 Å². The lowest BCUT2D eigenvalue weighted by Crippen LogP contribution is -2.26. The third kappa shape index (κ3) is 7.58. The van der Waals surface area contributed by atoms with Crippen LogP contribution in [-0.4, -0.2) is 32.1 Å². The van der Waals surface area contributed by atoms with E-state index in [1.807, 2.05) is 13.8 Å². The van der Waals surface area contributed by atoms with Gasteiger partial charge in [-0.2, -0.15) is 0 Å². The van der Waals surface area contributed by atoms with Crippen LogP contribution in [0.15, 0.2) is 9.98 Å². The monoisotopic (exact) mass is 199 g/mol. The Morgan fingerprint density at radius 1 is 1.50 bits per heavy atom. The summed E-state index contributed by atoms with van der Waals surface area (Å²) in [7, 11) is 1.70. The van der Waals surface area contributed by atoms with Crippen LogP contribution in [0, 0.1) is 0 Å². The fourth-order valence-electron chi connectivity index (χ4n) is 0.784. The van der Waals surface area contributed by atoms with Crippen molar-refractivity contribution in [1.29, 1.82) is 0 Å². The molecule has 0 aromatic carbocycles. The molecule has 1 N–H and O–H groups in total. The lowest BCUT2D eigenvalue weighted by atomic mass is 10.4. The number of hydrogen-bond acceptors (Lipinski definition) is 3. The van der Waals surface area contributed by atoms with Gasteiger partial charge in [0, 0.05) is 13.1 Å². The van der Waals surface area contributed by atoms with E-state index in [0.717, 1.165) is 12.8 Å². The average Bonchev–Trinajstić information content (AvgIpc) is 2.13. The van der Waals surface area contributed by atoms with E-state index in [0.29, 0.717) is 12.6 Å². The van der Waals surface area contributed by atoms with Gasteiger partial charge in [0.05, 0.1) is 12.9 Å². The van der Waals surface area contributed by atoms with Crippen molar-refractivity contribution in [3.05, 3.63) is 0 Å². The van der Waals surface area contributed by atoms with Crippen LogP contribution >= 0.6 is 0 Å². The van der Waals surface area contributed by atoms with Crippen LogP contribution < -0.4 is 5.32 Å². The molecule has 4 nitrogen and oxygen atoms in total. The molecule has 4 heteroatoms. The third-order valence-corrected chi connectivity index (χ3v) is 1.43. The second-order valence-electron chi connectivity index (χ2n) is 3.26. The van der Waals surface area contributed by atoms with Gasteiger partial charge in [-0.05, 0) is 20.3 Å². The molecule has 0 heterocycles. The third-order valence-electron chi connectivity index (χ3n) is 1.43. The lowest BCUT2D eigenvalue weighted by molar-refractivity contribution is 0.285. The average molecular weight is 199 g/mol. The molecule has 14 heavy (non-hydrogen) atoms. The van der Waals surface area contributed by atoms with Crippen molar-refractivity contribution >= 4 is 12.4 Å². The van der Waals surface area contributed by atoms with Crippen LogP contribution in [0.4, 0.5) is 0 Å². The molecule has 0 rings (SSSR count). The Labute approximate surface area is 86.5 Å². The summed E-state index contributed by atoms with van der Waals surface area (Å²) in [5.41, 5.74) is 0. The molecule has 0 saturated carbocycles. The second-order valence-corrected chi connectivity index (χ2v) is 3.26. The highest BCUT2D eigenvalue weighted by atomic mass is 16.5. The van der Waals surface area contributed by atoms with Gasteiger partial charge < -0.3 is 10.1 Å². The molecular formula is C10H21N3O. The Bertz CT molecular complexity index is 188. The minimum Gasteiger partial charge on any atom is -0.465 e. The summed E-state index contributed by atoms with van der Waals surface area (Å²) in [4.78, 5) is 8.09. The van der Waals surface area contributed by atoms with Gasteiger partial charge in [0.25, 0.3) is 6.02 Å². The fraction of sp³-hybridized carbons (Fsp3) is 0.800. The van der Waals surface area contributed by atoms with Crippen molar-refractivity contribution in [2.45, 2.75) is 39.7 Å². The molecule has 0 bridgehead atoms. The molecule has 0 radical (unpaired) electrons. The van der Waals surface area contributed by atoms with Gasteiger partial charge in [-0.3, -0.25) is 4.99 Å². The second kappa shape index (κ2) is 8.53. The highest BCUT2D eigenvalue weighted by molar-refractivity contribution is 5.85. The highest BCUT2D eigenvalue weighted by Gasteiger charge is 1.98. The predicted molar refractivity (Wildman–Crippen MR) is 61.0 cm³/mol. The molecule has 0 aliphatic rings. The molecule has 0 aromatic rings. The Balaban J connectivity index is 3.97. The first-order valence-corrected chi connectivity index (χ1v) is 5.08. The summed E-state index contributed by atoms with van der Waals surface area (Å²) >= 11 is 0. The van der Waals surface area contributed by atoms with E-state index in [4.69, 9.17) is 4.74 Å². The minimum atomic E-state index is 0.226. The van der Waals surface area contributed by atoms with Gasteiger partial charge in [-0.15, -0.1) is 0 Å². The summed E-state index contributed by atoms with van der Waals surface area (Å²) in [6.07, 6.45) is 3.74. The van der Waals surface area contributed by atoms with E-state index in [1.165, 1.54) is 0 Å². The Kier molecular flexibility index (Phi) is 7.89. The highest BCUT2D eigenvalue weighted by Crippen LogP contribution is 1.92. The number of nitrogens with one attached hydrogen (secondary N) is 1. The molecule has 0 saturated heterocycles. The topological polar surface area (TPSA) is 46.0 Å². The van der Waals surface area contributed by atoms with Crippen molar-refractivity contribution in [2.75, 3.05) is 13.7 Å². The van der Waals surface area contributed by atoms with Crippen LogP contribution in [0.25, 0.3) is 0 Å². The first kappa shape index (κ1) is 12.9. The van der Waals surface area contributed by atoms with Crippen LogP contribution in [0.1, 0.15) is 33.6 Å². The zero-order valence-electron chi connectivity index (χ0n) is 9.58. The number of unbranched alkanes of at least 4 members (excludes halogenated alkanes) is 1. The Hall–Kier alpha value is -1.06. The molecular weight excluding hydrogens is 178 g/mol. The number of ether oxygens (including phenoxy) is 1. The van der Waals surface area contributed by atoms with E-state index >= 15 is 0 Å². The Morgan fingerprint density at radius 2 is 2.21 bits per heavy atom. The van der Waals surface area contributed by atoms with Crippen molar-refractivity contribution in [1.82, 2.24) is 5.32 Å².